The molecule has 1 heterocycles. The number of hydrogen-bond donors (Lipinski definition) is 2. The van der Waals surface area contributed by atoms with Crippen LogP contribution in [0, 0.1) is 5.92 Å². The van der Waals surface area contributed by atoms with Gasteiger partial charge in [0.25, 0.3) is 5.56 Å². The van der Waals surface area contributed by atoms with Crippen molar-refractivity contribution in [1.29, 1.82) is 0 Å². The van der Waals surface area contributed by atoms with E-state index in [1.807, 2.05) is 6.07 Å². The summed E-state index contributed by atoms with van der Waals surface area (Å²) in [4.78, 5) is 11.9. The molecule has 0 saturated carbocycles. The molecule has 1 aromatic rings. The van der Waals surface area contributed by atoms with Crippen LogP contribution < -0.4 is 10.9 Å². The van der Waals surface area contributed by atoms with E-state index in [1.54, 1.807) is 10.6 Å². The van der Waals surface area contributed by atoms with Crippen molar-refractivity contribution in [2.45, 2.75) is 45.8 Å². The Morgan fingerprint density at radius 1 is 1.32 bits per heavy atom. The molecule has 1 aromatic heterocycles. The Kier molecular flexibility index (Phi) is 4.77. The number of aliphatic hydroxyl groups is 1. The normalized spacial score (nSPS) is 15.8. The monoisotopic (exact) mass is 264 g/mol. The molecule has 2 rings (SSSR count). The molecule has 0 spiro atoms. The zero-order chi connectivity index (χ0) is 13.8. The van der Waals surface area contributed by atoms with E-state index in [0.717, 1.165) is 31.5 Å². The SMILES string of the molecule is CC(C)CNCC(O)Cn1c2c(ccc1=O)CCC2. The summed E-state index contributed by atoms with van der Waals surface area (Å²) in [6, 6.07) is 3.56. The Bertz CT molecular complexity index is 480. The van der Waals surface area contributed by atoms with E-state index < -0.39 is 6.10 Å². The first-order valence-electron chi connectivity index (χ1n) is 7.18. The highest BCUT2D eigenvalue weighted by atomic mass is 16.3. The molecule has 4 heteroatoms. The van der Waals surface area contributed by atoms with Gasteiger partial charge >= 0.3 is 0 Å². The van der Waals surface area contributed by atoms with Crippen LogP contribution in [0.5, 0.6) is 0 Å². The lowest BCUT2D eigenvalue weighted by Gasteiger charge is -2.17. The summed E-state index contributed by atoms with van der Waals surface area (Å²) < 4.78 is 1.75. The maximum Gasteiger partial charge on any atom is 0.250 e. The molecule has 0 fully saturated rings. The van der Waals surface area contributed by atoms with Gasteiger partial charge in [0, 0.05) is 18.3 Å². The summed E-state index contributed by atoms with van der Waals surface area (Å²) in [7, 11) is 0. The Morgan fingerprint density at radius 3 is 2.84 bits per heavy atom. The predicted molar refractivity (Wildman–Crippen MR) is 76.4 cm³/mol. The fourth-order valence-electron chi connectivity index (χ4n) is 2.65. The highest BCUT2D eigenvalue weighted by Gasteiger charge is 2.17. The standard InChI is InChI=1S/C15H24N2O2/c1-11(2)8-16-9-13(18)10-17-14-5-3-4-12(14)6-7-15(17)19/h6-7,11,13,16,18H,3-5,8-10H2,1-2H3. The molecule has 0 saturated heterocycles. The van der Waals surface area contributed by atoms with Crippen LogP contribution in [0.2, 0.25) is 0 Å². The van der Waals surface area contributed by atoms with Gasteiger partial charge in [-0.05, 0) is 37.3 Å². The van der Waals surface area contributed by atoms with Crippen LogP contribution in [-0.2, 0) is 19.4 Å². The van der Waals surface area contributed by atoms with Gasteiger partial charge in [0.05, 0.1) is 12.6 Å². The molecule has 0 bridgehead atoms. The number of fused-ring (bicyclic) bond motifs is 1. The Balaban J connectivity index is 1.99. The second-order valence-electron chi connectivity index (χ2n) is 5.81. The predicted octanol–water partition coefficient (Wildman–Crippen LogP) is 0.943. The first-order chi connectivity index (χ1) is 9.08. The third-order valence-corrected chi connectivity index (χ3v) is 3.58. The van der Waals surface area contributed by atoms with Gasteiger partial charge in [-0.3, -0.25) is 4.79 Å². The van der Waals surface area contributed by atoms with Crippen molar-refractivity contribution in [2.75, 3.05) is 13.1 Å². The lowest BCUT2D eigenvalue weighted by Crippen LogP contribution is -2.36. The minimum Gasteiger partial charge on any atom is -0.390 e. The van der Waals surface area contributed by atoms with Crippen molar-refractivity contribution in [2.24, 2.45) is 5.92 Å². The number of rotatable bonds is 6. The number of nitrogens with zero attached hydrogens (tertiary/aromatic N) is 1. The van der Waals surface area contributed by atoms with Crippen molar-refractivity contribution in [1.82, 2.24) is 9.88 Å². The Morgan fingerprint density at radius 2 is 2.11 bits per heavy atom. The van der Waals surface area contributed by atoms with E-state index in [0.29, 0.717) is 19.0 Å². The van der Waals surface area contributed by atoms with Gasteiger partial charge in [-0.25, -0.2) is 0 Å². The number of aryl methyl sites for hydroxylation is 1. The highest BCUT2D eigenvalue weighted by Crippen LogP contribution is 2.19. The smallest absolute Gasteiger partial charge is 0.250 e. The number of nitrogens with one attached hydrogen (secondary N) is 1. The first kappa shape index (κ1) is 14.3. The average Bonchev–Trinajstić information content (AvgIpc) is 2.81. The molecular formula is C15H24N2O2. The lowest BCUT2D eigenvalue weighted by molar-refractivity contribution is 0.148. The summed E-state index contributed by atoms with van der Waals surface area (Å²) in [5.74, 6) is 0.566. The van der Waals surface area contributed by atoms with Gasteiger partial charge in [-0.2, -0.15) is 0 Å². The van der Waals surface area contributed by atoms with Crippen molar-refractivity contribution < 1.29 is 5.11 Å². The molecular weight excluding hydrogens is 240 g/mol. The molecule has 0 aromatic carbocycles. The second-order valence-corrected chi connectivity index (χ2v) is 5.81. The van der Waals surface area contributed by atoms with Crippen LogP contribution in [-0.4, -0.2) is 28.9 Å². The van der Waals surface area contributed by atoms with E-state index in [-0.39, 0.29) is 5.56 Å². The van der Waals surface area contributed by atoms with Gasteiger partial charge in [0.1, 0.15) is 0 Å². The fourth-order valence-corrected chi connectivity index (χ4v) is 2.65. The van der Waals surface area contributed by atoms with Crippen LogP contribution in [0.4, 0.5) is 0 Å². The topological polar surface area (TPSA) is 54.3 Å². The molecule has 1 atom stereocenters. The number of pyridine rings is 1. The molecule has 4 nitrogen and oxygen atoms in total. The maximum atomic E-state index is 11.9. The highest BCUT2D eigenvalue weighted by molar-refractivity contribution is 5.25. The van der Waals surface area contributed by atoms with Crippen LogP contribution in [0.25, 0.3) is 0 Å². The van der Waals surface area contributed by atoms with Crippen LogP contribution in [0.15, 0.2) is 16.9 Å². The molecule has 1 aliphatic carbocycles. The average molecular weight is 264 g/mol. The van der Waals surface area contributed by atoms with E-state index in [9.17, 15) is 9.90 Å². The van der Waals surface area contributed by atoms with E-state index in [1.165, 1.54) is 5.56 Å². The number of aliphatic hydroxyl groups excluding tert-OH is 1. The van der Waals surface area contributed by atoms with Crippen molar-refractivity contribution in [3.8, 4) is 0 Å². The summed E-state index contributed by atoms with van der Waals surface area (Å²) in [6.07, 6.45) is 2.61. The summed E-state index contributed by atoms with van der Waals surface area (Å²) in [5, 5.41) is 13.3. The van der Waals surface area contributed by atoms with Gasteiger partial charge < -0.3 is 15.0 Å². The molecule has 19 heavy (non-hydrogen) atoms. The van der Waals surface area contributed by atoms with Crippen molar-refractivity contribution in [3.63, 3.8) is 0 Å². The zero-order valence-electron chi connectivity index (χ0n) is 11.9. The molecule has 106 valence electrons. The van der Waals surface area contributed by atoms with E-state index in [2.05, 4.69) is 19.2 Å². The Labute approximate surface area is 114 Å². The van der Waals surface area contributed by atoms with Gasteiger partial charge in [0.2, 0.25) is 0 Å². The van der Waals surface area contributed by atoms with Gasteiger partial charge in [-0.1, -0.05) is 19.9 Å². The maximum absolute atomic E-state index is 11.9. The zero-order valence-corrected chi connectivity index (χ0v) is 11.9. The van der Waals surface area contributed by atoms with Crippen LogP contribution in [0.3, 0.4) is 0 Å². The molecule has 1 aliphatic rings. The van der Waals surface area contributed by atoms with E-state index >= 15 is 0 Å². The van der Waals surface area contributed by atoms with Crippen LogP contribution in [0.1, 0.15) is 31.5 Å². The number of hydrogen-bond acceptors (Lipinski definition) is 3. The molecule has 0 amide bonds. The second kappa shape index (κ2) is 6.35. The molecule has 0 aliphatic heterocycles. The fraction of sp³-hybridized carbons (Fsp3) is 0.667. The first-order valence-corrected chi connectivity index (χ1v) is 7.18. The summed E-state index contributed by atoms with van der Waals surface area (Å²) in [5.41, 5.74) is 2.39. The number of aromatic nitrogens is 1. The Hall–Kier alpha value is -1.13. The van der Waals surface area contributed by atoms with Crippen molar-refractivity contribution in [3.05, 3.63) is 33.7 Å². The summed E-state index contributed by atoms with van der Waals surface area (Å²) in [6.45, 7) is 6.09. The third kappa shape index (κ3) is 3.67. The minimum atomic E-state index is -0.511. The van der Waals surface area contributed by atoms with Gasteiger partial charge in [-0.15, -0.1) is 0 Å². The van der Waals surface area contributed by atoms with Gasteiger partial charge in [0.15, 0.2) is 0 Å². The summed E-state index contributed by atoms with van der Waals surface area (Å²) >= 11 is 0. The largest absolute Gasteiger partial charge is 0.390 e. The minimum absolute atomic E-state index is 0.00330. The third-order valence-electron chi connectivity index (χ3n) is 3.58. The van der Waals surface area contributed by atoms with Crippen molar-refractivity contribution >= 4 is 0 Å². The van der Waals surface area contributed by atoms with Crippen LogP contribution >= 0.6 is 0 Å². The molecule has 2 N–H and O–H groups in total. The van der Waals surface area contributed by atoms with E-state index in [4.69, 9.17) is 0 Å². The lowest BCUT2D eigenvalue weighted by atomic mass is 10.2. The molecule has 1 unspecified atom stereocenters. The quantitative estimate of drug-likeness (QED) is 0.804. The molecule has 0 radical (unpaired) electrons.